The zero-order valence-electron chi connectivity index (χ0n) is 13.9. The van der Waals surface area contributed by atoms with Gasteiger partial charge in [0, 0.05) is 32.8 Å². The van der Waals surface area contributed by atoms with E-state index in [1.807, 2.05) is 4.90 Å². The van der Waals surface area contributed by atoms with E-state index in [4.69, 9.17) is 10.5 Å². The molecule has 3 saturated heterocycles. The van der Waals surface area contributed by atoms with Crippen LogP contribution in [0, 0.1) is 5.92 Å². The van der Waals surface area contributed by atoms with Crippen LogP contribution < -0.4 is 5.73 Å². The van der Waals surface area contributed by atoms with Crippen molar-refractivity contribution in [1.82, 2.24) is 9.80 Å². The second-order valence-electron chi connectivity index (χ2n) is 7.04. The normalized spacial score (nSPS) is 27.9. The molecular formula is C16H31Cl2N3O2. The molecule has 3 fully saturated rings. The van der Waals surface area contributed by atoms with E-state index >= 15 is 0 Å². The highest BCUT2D eigenvalue weighted by Gasteiger charge is 2.41. The quantitative estimate of drug-likeness (QED) is 0.824. The van der Waals surface area contributed by atoms with Crippen molar-refractivity contribution >= 4 is 30.7 Å². The van der Waals surface area contributed by atoms with Crippen molar-refractivity contribution in [3.63, 3.8) is 0 Å². The molecule has 3 aliphatic heterocycles. The van der Waals surface area contributed by atoms with Crippen molar-refractivity contribution in [3.05, 3.63) is 0 Å². The maximum Gasteiger partial charge on any atom is 0.242 e. The summed E-state index contributed by atoms with van der Waals surface area (Å²) < 4.78 is 5.34. The monoisotopic (exact) mass is 367 g/mol. The minimum atomic E-state index is -0.668. The van der Waals surface area contributed by atoms with Gasteiger partial charge in [0.15, 0.2) is 0 Å². The third-order valence-corrected chi connectivity index (χ3v) is 5.35. The number of hydrogen-bond acceptors (Lipinski definition) is 4. The Kier molecular flexibility index (Phi) is 8.59. The topological polar surface area (TPSA) is 58.8 Å². The number of ether oxygens (including phenoxy) is 1. The van der Waals surface area contributed by atoms with E-state index < -0.39 is 5.54 Å². The standard InChI is InChI=1S/C16H29N3O2.2ClH/c17-16(5-10-21-11-6-16)15(20)19-9-4-14(13-19)12-18-7-2-1-3-8-18;;/h14H,1-13,17H2;2*1H. The highest BCUT2D eigenvalue weighted by atomic mass is 35.5. The molecule has 1 atom stereocenters. The van der Waals surface area contributed by atoms with Gasteiger partial charge in [-0.25, -0.2) is 0 Å². The van der Waals surface area contributed by atoms with Crippen LogP contribution in [0.25, 0.3) is 0 Å². The molecule has 0 saturated carbocycles. The minimum absolute atomic E-state index is 0. The van der Waals surface area contributed by atoms with Gasteiger partial charge in [0.2, 0.25) is 5.91 Å². The number of rotatable bonds is 3. The summed E-state index contributed by atoms with van der Waals surface area (Å²) in [5.74, 6) is 0.794. The molecule has 5 nitrogen and oxygen atoms in total. The molecule has 0 aliphatic carbocycles. The molecular weight excluding hydrogens is 337 g/mol. The summed E-state index contributed by atoms with van der Waals surface area (Å²) in [6.07, 6.45) is 6.51. The number of piperidine rings is 1. The Labute approximate surface area is 152 Å². The molecule has 3 rings (SSSR count). The minimum Gasteiger partial charge on any atom is -0.381 e. The van der Waals surface area contributed by atoms with Crippen LogP contribution in [-0.4, -0.2) is 67.2 Å². The molecule has 0 bridgehead atoms. The Morgan fingerprint density at radius 2 is 1.74 bits per heavy atom. The summed E-state index contributed by atoms with van der Waals surface area (Å²) in [5.41, 5.74) is 5.66. The van der Waals surface area contributed by atoms with E-state index in [1.54, 1.807) is 0 Å². The van der Waals surface area contributed by atoms with Crippen LogP contribution in [-0.2, 0) is 9.53 Å². The molecule has 0 aromatic carbocycles. The van der Waals surface area contributed by atoms with Gasteiger partial charge in [-0.2, -0.15) is 0 Å². The van der Waals surface area contributed by atoms with Crippen molar-refractivity contribution in [2.75, 3.05) is 45.9 Å². The summed E-state index contributed by atoms with van der Waals surface area (Å²) in [7, 11) is 0. The van der Waals surface area contributed by atoms with E-state index in [0.29, 0.717) is 32.0 Å². The van der Waals surface area contributed by atoms with Gasteiger partial charge in [-0.15, -0.1) is 24.8 Å². The van der Waals surface area contributed by atoms with Crippen LogP contribution in [0.15, 0.2) is 0 Å². The van der Waals surface area contributed by atoms with Crippen molar-refractivity contribution in [2.24, 2.45) is 11.7 Å². The van der Waals surface area contributed by atoms with Gasteiger partial charge in [-0.3, -0.25) is 4.79 Å². The molecule has 136 valence electrons. The van der Waals surface area contributed by atoms with Gasteiger partial charge < -0.3 is 20.3 Å². The second kappa shape index (κ2) is 9.42. The fourth-order valence-corrected chi connectivity index (χ4v) is 3.94. The maximum absolute atomic E-state index is 12.7. The smallest absolute Gasteiger partial charge is 0.242 e. The number of nitrogens with two attached hydrogens (primary N) is 1. The lowest BCUT2D eigenvalue weighted by molar-refractivity contribution is -0.139. The first-order valence-corrected chi connectivity index (χ1v) is 8.56. The van der Waals surface area contributed by atoms with Gasteiger partial charge in [0.05, 0.1) is 5.54 Å². The summed E-state index contributed by atoms with van der Waals surface area (Å²) in [5, 5.41) is 0. The van der Waals surface area contributed by atoms with Gasteiger partial charge >= 0.3 is 0 Å². The van der Waals surface area contributed by atoms with Crippen LogP contribution in [0.4, 0.5) is 0 Å². The van der Waals surface area contributed by atoms with Crippen LogP contribution in [0.3, 0.4) is 0 Å². The molecule has 3 heterocycles. The van der Waals surface area contributed by atoms with E-state index in [0.717, 1.165) is 26.1 Å². The lowest BCUT2D eigenvalue weighted by atomic mass is 9.90. The lowest BCUT2D eigenvalue weighted by Gasteiger charge is -2.35. The number of halogens is 2. The molecule has 0 spiro atoms. The molecule has 0 aromatic rings. The van der Waals surface area contributed by atoms with Crippen molar-refractivity contribution < 1.29 is 9.53 Å². The van der Waals surface area contributed by atoms with E-state index in [9.17, 15) is 4.79 Å². The summed E-state index contributed by atoms with van der Waals surface area (Å²) >= 11 is 0. The Morgan fingerprint density at radius 3 is 2.39 bits per heavy atom. The van der Waals surface area contributed by atoms with Gasteiger partial charge in [-0.05, 0) is 51.1 Å². The van der Waals surface area contributed by atoms with E-state index in [2.05, 4.69) is 4.90 Å². The highest BCUT2D eigenvalue weighted by Crippen LogP contribution is 2.26. The fourth-order valence-electron chi connectivity index (χ4n) is 3.94. The van der Waals surface area contributed by atoms with Crippen LogP contribution in [0.1, 0.15) is 38.5 Å². The van der Waals surface area contributed by atoms with E-state index in [-0.39, 0.29) is 30.7 Å². The first-order valence-electron chi connectivity index (χ1n) is 8.56. The molecule has 1 unspecified atom stereocenters. The first kappa shape index (κ1) is 21.0. The molecule has 0 radical (unpaired) electrons. The zero-order chi connectivity index (χ0) is 14.7. The molecule has 0 aromatic heterocycles. The Hall–Kier alpha value is -0.0700. The number of hydrogen-bond donors (Lipinski definition) is 1. The Bertz CT molecular complexity index is 372. The van der Waals surface area contributed by atoms with Gasteiger partial charge in [0.1, 0.15) is 0 Å². The van der Waals surface area contributed by atoms with Crippen LogP contribution in [0.5, 0.6) is 0 Å². The average Bonchev–Trinajstić information content (AvgIpc) is 2.96. The van der Waals surface area contributed by atoms with Crippen LogP contribution in [0.2, 0.25) is 0 Å². The second-order valence-corrected chi connectivity index (χ2v) is 7.04. The molecule has 2 N–H and O–H groups in total. The van der Waals surface area contributed by atoms with Crippen molar-refractivity contribution in [2.45, 2.75) is 44.1 Å². The third kappa shape index (κ3) is 5.20. The molecule has 3 aliphatic rings. The molecule has 7 heteroatoms. The summed E-state index contributed by atoms with van der Waals surface area (Å²) in [6, 6.07) is 0. The van der Waals surface area contributed by atoms with Crippen molar-refractivity contribution in [3.8, 4) is 0 Å². The summed E-state index contributed by atoms with van der Waals surface area (Å²) in [4.78, 5) is 17.3. The Morgan fingerprint density at radius 1 is 1.09 bits per heavy atom. The lowest BCUT2D eigenvalue weighted by Crippen LogP contribution is -2.57. The number of carbonyl (C=O) groups excluding carboxylic acids is 1. The number of likely N-dealkylation sites (tertiary alicyclic amines) is 2. The molecule has 1 amide bonds. The average molecular weight is 368 g/mol. The highest BCUT2D eigenvalue weighted by molar-refractivity contribution is 5.86. The molecule has 23 heavy (non-hydrogen) atoms. The van der Waals surface area contributed by atoms with Crippen LogP contribution >= 0.6 is 24.8 Å². The zero-order valence-corrected chi connectivity index (χ0v) is 15.5. The van der Waals surface area contributed by atoms with Gasteiger partial charge in [-0.1, -0.05) is 6.42 Å². The predicted octanol–water partition coefficient (Wildman–Crippen LogP) is 1.67. The van der Waals surface area contributed by atoms with E-state index in [1.165, 1.54) is 32.4 Å². The van der Waals surface area contributed by atoms with Crippen molar-refractivity contribution in [1.29, 1.82) is 0 Å². The predicted molar refractivity (Wildman–Crippen MR) is 96.4 cm³/mol. The first-order chi connectivity index (χ1) is 10.2. The van der Waals surface area contributed by atoms with Gasteiger partial charge in [0.25, 0.3) is 0 Å². The fraction of sp³-hybridized carbons (Fsp3) is 0.938. The number of carbonyl (C=O) groups is 1. The summed E-state index contributed by atoms with van der Waals surface area (Å²) in [6.45, 7) is 6.66. The SMILES string of the molecule is Cl.Cl.NC1(C(=O)N2CCC(CN3CCCCC3)C2)CCOCC1. The largest absolute Gasteiger partial charge is 0.381 e. The third-order valence-electron chi connectivity index (χ3n) is 5.35. The maximum atomic E-state index is 12.7. The number of nitrogens with zero attached hydrogens (tertiary/aromatic N) is 2. The number of amides is 1. The Balaban J connectivity index is 0.00000132.